The van der Waals surface area contributed by atoms with Crippen molar-refractivity contribution in [3.8, 4) is 10.6 Å². The highest BCUT2D eigenvalue weighted by molar-refractivity contribution is 7.92. The normalized spacial score (nSPS) is 11.0. The molecule has 0 aliphatic heterocycles. The van der Waals surface area contributed by atoms with Crippen LogP contribution in [0.1, 0.15) is 25.0 Å². The van der Waals surface area contributed by atoms with E-state index in [0.29, 0.717) is 5.69 Å². The number of ketones is 1. The van der Waals surface area contributed by atoms with Crippen LogP contribution in [0.25, 0.3) is 20.8 Å². The van der Waals surface area contributed by atoms with E-state index in [-0.39, 0.29) is 18.7 Å². The highest BCUT2D eigenvalue weighted by atomic mass is 32.2. The highest BCUT2D eigenvalue weighted by Crippen LogP contribution is 2.30. The van der Waals surface area contributed by atoms with Crippen LogP contribution in [0, 0.1) is 6.92 Å². The molecule has 0 spiro atoms. The predicted octanol–water partition coefficient (Wildman–Crippen LogP) is 5.88. The lowest BCUT2D eigenvalue weighted by atomic mass is 10.1. The van der Waals surface area contributed by atoms with Gasteiger partial charge >= 0.3 is 0 Å². The zero-order valence-corrected chi connectivity index (χ0v) is 20.9. The third kappa shape index (κ3) is 6.27. The van der Waals surface area contributed by atoms with E-state index in [4.69, 9.17) is 4.98 Å². The maximum Gasteiger partial charge on any atom is 0.232 e. The molecule has 7 heteroatoms. The number of hydrogen-bond acceptors (Lipinski definition) is 5. The Morgan fingerprint density at radius 1 is 0.970 bits per heavy atom. The average molecular weight is 481 g/mol. The Bertz CT molecular complexity index is 1330. The number of aromatic nitrogens is 1. The third-order valence-electron chi connectivity index (χ3n) is 4.91. The number of rotatable bonds is 7. The summed E-state index contributed by atoms with van der Waals surface area (Å²) < 4.78 is 26.7. The zero-order valence-electron chi connectivity index (χ0n) is 19.3. The van der Waals surface area contributed by atoms with Crippen molar-refractivity contribution in [1.82, 2.24) is 4.98 Å². The van der Waals surface area contributed by atoms with Crippen molar-refractivity contribution in [2.45, 2.75) is 27.2 Å². The van der Waals surface area contributed by atoms with Crippen LogP contribution in [-0.4, -0.2) is 32.0 Å². The third-order valence-corrected chi connectivity index (χ3v) is 7.14. The van der Waals surface area contributed by atoms with Crippen LogP contribution >= 0.6 is 11.3 Å². The maximum atomic E-state index is 12.6. The van der Waals surface area contributed by atoms with Gasteiger partial charge in [0, 0.05) is 12.0 Å². The number of hydrogen-bond donors (Lipinski definition) is 0. The van der Waals surface area contributed by atoms with Crippen LogP contribution < -0.4 is 4.31 Å². The fourth-order valence-electron chi connectivity index (χ4n) is 3.36. The van der Waals surface area contributed by atoms with Crippen molar-refractivity contribution in [1.29, 1.82) is 0 Å². The lowest BCUT2D eigenvalue weighted by Gasteiger charge is -2.21. The molecule has 5 nitrogen and oxygen atoms in total. The van der Waals surface area contributed by atoms with Crippen molar-refractivity contribution in [3.05, 3.63) is 83.9 Å². The molecule has 1 aromatic heterocycles. The van der Waals surface area contributed by atoms with Gasteiger partial charge in [0.05, 0.1) is 28.7 Å². The van der Waals surface area contributed by atoms with Crippen LogP contribution in [0.5, 0.6) is 0 Å². The first-order valence-electron chi connectivity index (χ1n) is 10.8. The van der Waals surface area contributed by atoms with E-state index in [0.717, 1.165) is 36.9 Å². The largest absolute Gasteiger partial charge is 0.297 e. The number of aryl methyl sites for hydroxylation is 1. The van der Waals surface area contributed by atoms with Gasteiger partial charge in [-0.3, -0.25) is 9.10 Å². The van der Waals surface area contributed by atoms with Crippen molar-refractivity contribution in [2.24, 2.45) is 0 Å². The van der Waals surface area contributed by atoms with Gasteiger partial charge in [0.1, 0.15) is 5.01 Å². The number of fused-ring (bicyclic) bond motifs is 1. The molecule has 4 rings (SSSR count). The zero-order chi connectivity index (χ0) is 24.0. The molecule has 0 aliphatic rings. The second kappa shape index (κ2) is 10.7. The summed E-state index contributed by atoms with van der Waals surface area (Å²) in [6, 6.07) is 22.6. The number of benzene rings is 3. The molecule has 0 bridgehead atoms. The van der Waals surface area contributed by atoms with Gasteiger partial charge in [0.2, 0.25) is 10.0 Å². The van der Waals surface area contributed by atoms with E-state index in [1.54, 1.807) is 41.7 Å². The van der Waals surface area contributed by atoms with Gasteiger partial charge in [-0.2, -0.15) is 0 Å². The lowest BCUT2D eigenvalue weighted by Crippen LogP contribution is -2.35. The summed E-state index contributed by atoms with van der Waals surface area (Å²) in [5.74, 6) is -0.169. The molecular weight excluding hydrogens is 452 g/mol. The fourth-order valence-corrected chi connectivity index (χ4v) is 5.20. The summed E-state index contributed by atoms with van der Waals surface area (Å²) in [5, 5.41) is 0.936. The Kier molecular flexibility index (Phi) is 8.00. The van der Waals surface area contributed by atoms with Crippen LogP contribution in [-0.2, 0) is 21.2 Å². The summed E-state index contributed by atoms with van der Waals surface area (Å²) in [6.45, 7) is 5.86. The molecule has 0 amide bonds. The SMILES string of the molecule is CC.Cc1ccc2sc(-c3ccc(CC(=O)CN(c4ccccc4)S(C)(=O)=O)cc3)nc2c1. The topological polar surface area (TPSA) is 67.3 Å². The number of Topliss-reactive ketones (excluding diaryl/α,β-unsaturated/α-hetero) is 1. The molecule has 0 saturated carbocycles. The standard InChI is InChI=1S/C24H22N2O3S2.C2H6/c1-17-8-13-23-22(14-17)25-24(30-23)19-11-9-18(10-12-19)15-21(27)16-26(31(2,28)29)20-6-4-3-5-7-20;1-2/h3-14H,15-16H2,1-2H3;1-2H3. The van der Waals surface area contributed by atoms with Crippen molar-refractivity contribution < 1.29 is 13.2 Å². The molecule has 1 heterocycles. The van der Waals surface area contributed by atoms with E-state index in [1.165, 1.54) is 5.56 Å². The van der Waals surface area contributed by atoms with Crippen LogP contribution in [0.15, 0.2) is 72.8 Å². The second-order valence-electron chi connectivity index (χ2n) is 7.51. The monoisotopic (exact) mass is 480 g/mol. The predicted molar refractivity (Wildman–Crippen MR) is 138 cm³/mol. The fraction of sp³-hybridized carbons (Fsp3) is 0.231. The van der Waals surface area contributed by atoms with Crippen LogP contribution in [0.3, 0.4) is 0 Å². The van der Waals surface area contributed by atoms with Gasteiger partial charge in [-0.1, -0.05) is 62.4 Å². The van der Waals surface area contributed by atoms with Gasteiger partial charge in [-0.15, -0.1) is 11.3 Å². The van der Waals surface area contributed by atoms with E-state index in [2.05, 4.69) is 18.2 Å². The Balaban J connectivity index is 0.00000149. The molecular formula is C26H28N2O3S2. The Labute approximate surface area is 199 Å². The molecule has 33 heavy (non-hydrogen) atoms. The average Bonchev–Trinajstić information content (AvgIpc) is 3.22. The summed E-state index contributed by atoms with van der Waals surface area (Å²) in [7, 11) is -3.56. The van der Waals surface area contributed by atoms with Gasteiger partial charge in [-0.25, -0.2) is 13.4 Å². The molecule has 0 aliphatic carbocycles. The van der Waals surface area contributed by atoms with Gasteiger partial charge < -0.3 is 0 Å². The number of anilines is 1. The summed E-state index contributed by atoms with van der Waals surface area (Å²) in [6.07, 6.45) is 1.28. The Morgan fingerprint density at radius 3 is 2.27 bits per heavy atom. The Morgan fingerprint density at radius 2 is 1.64 bits per heavy atom. The molecule has 172 valence electrons. The van der Waals surface area contributed by atoms with Crippen molar-refractivity contribution >= 4 is 43.0 Å². The molecule has 0 unspecified atom stereocenters. The summed E-state index contributed by atoms with van der Waals surface area (Å²) >= 11 is 1.64. The molecule has 0 N–H and O–H groups in total. The first-order chi connectivity index (χ1) is 15.8. The molecule has 0 atom stereocenters. The van der Waals surface area contributed by atoms with Crippen LogP contribution in [0.2, 0.25) is 0 Å². The number of carbonyl (C=O) groups excluding carboxylic acids is 1. The number of sulfonamides is 1. The maximum absolute atomic E-state index is 12.6. The smallest absolute Gasteiger partial charge is 0.232 e. The van der Waals surface area contributed by atoms with Crippen molar-refractivity contribution in [2.75, 3.05) is 17.1 Å². The molecule has 4 aromatic rings. The van der Waals surface area contributed by atoms with Gasteiger partial charge in [0.25, 0.3) is 0 Å². The van der Waals surface area contributed by atoms with E-state index in [1.807, 2.05) is 45.0 Å². The van der Waals surface area contributed by atoms with E-state index >= 15 is 0 Å². The number of para-hydroxylation sites is 1. The van der Waals surface area contributed by atoms with E-state index in [9.17, 15) is 13.2 Å². The minimum Gasteiger partial charge on any atom is -0.297 e. The first kappa shape index (κ1) is 24.6. The summed E-state index contributed by atoms with van der Waals surface area (Å²) in [4.78, 5) is 17.3. The quantitative estimate of drug-likeness (QED) is 0.331. The minimum absolute atomic E-state index is 0.165. The number of nitrogens with zero attached hydrogens (tertiary/aromatic N) is 2. The van der Waals surface area contributed by atoms with Crippen LogP contribution in [0.4, 0.5) is 5.69 Å². The minimum atomic E-state index is -3.56. The van der Waals surface area contributed by atoms with Gasteiger partial charge in [0.15, 0.2) is 5.78 Å². The number of thiazole rings is 1. The lowest BCUT2D eigenvalue weighted by molar-refractivity contribution is -0.117. The summed E-state index contributed by atoms with van der Waals surface area (Å²) in [5.41, 5.74) is 4.49. The highest BCUT2D eigenvalue weighted by Gasteiger charge is 2.20. The first-order valence-corrected chi connectivity index (χ1v) is 13.5. The molecule has 0 radical (unpaired) electrons. The Hall–Kier alpha value is -3.03. The second-order valence-corrected chi connectivity index (χ2v) is 10.4. The van der Waals surface area contributed by atoms with Crippen molar-refractivity contribution in [3.63, 3.8) is 0 Å². The van der Waals surface area contributed by atoms with E-state index < -0.39 is 10.0 Å². The van der Waals surface area contributed by atoms with Gasteiger partial charge in [-0.05, 0) is 42.3 Å². The molecule has 0 saturated heterocycles. The number of carbonyl (C=O) groups is 1. The molecule has 0 fully saturated rings. The molecule has 3 aromatic carbocycles.